The number of hydrogen-bond donors (Lipinski definition) is 0. The van der Waals surface area contributed by atoms with Crippen molar-refractivity contribution >= 4 is 18.6 Å². The van der Waals surface area contributed by atoms with Crippen LogP contribution in [0.4, 0.5) is 4.79 Å². The van der Waals surface area contributed by atoms with Crippen LogP contribution in [0.15, 0.2) is 34.3 Å². The van der Waals surface area contributed by atoms with Crippen LogP contribution in [0.5, 0.6) is 0 Å². The number of carboxylic acid groups (broad SMARTS) is 2. The van der Waals surface area contributed by atoms with Gasteiger partial charge in [-0.05, 0) is 160 Å². The van der Waals surface area contributed by atoms with Gasteiger partial charge in [0.1, 0.15) is 0 Å². The van der Waals surface area contributed by atoms with Crippen molar-refractivity contribution in [3.63, 3.8) is 0 Å². The molecular formula is C41H72N4Na2O3. The van der Waals surface area contributed by atoms with Gasteiger partial charge in [0.15, 0.2) is 0 Å². The van der Waals surface area contributed by atoms with Gasteiger partial charge in [-0.3, -0.25) is 9.98 Å². The van der Waals surface area contributed by atoms with Crippen LogP contribution in [-0.4, -0.2) is 79.7 Å². The minimum atomic E-state index is -2.33. The van der Waals surface area contributed by atoms with E-state index in [0.717, 1.165) is 25.2 Å². The summed E-state index contributed by atoms with van der Waals surface area (Å²) in [5.41, 5.74) is 0. The summed E-state index contributed by atoms with van der Waals surface area (Å²) in [7, 11) is 0. The summed E-state index contributed by atoms with van der Waals surface area (Å²) in [5.74, 6) is 0. The van der Waals surface area contributed by atoms with E-state index in [-0.39, 0.29) is 59.1 Å². The minimum absolute atomic E-state index is 0. The van der Waals surface area contributed by atoms with Gasteiger partial charge < -0.3 is 24.8 Å². The SMILES string of the molecule is C1=CCCCC(N2CCCCCC=NCCC2)CCCCC1.C1=CCCCC(N2CCCCCC=NCCC2)CCCCC1.O=C([O-])[O-].[Na+].[Na+]. The molecule has 0 fully saturated rings. The summed E-state index contributed by atoms with van der Waals surface area (Å²) in [4.78, 5) is 23.1. The van der Waals surface area contributed by atoms with Crippen molar-refractivity contribution in [2.75, 3.05) is 39.3 Å². The molecule has 0 aromatic rings. The minimum Gasteiger partial charge on any atom is -0.652 e. The van der Waals surface area contributed by atoms with Crippen LogP contribution in [0.2, 0.25) is 0 Å². The van der Waals surface area contributed by atoms with Crippen LogP contribution < -0.4 is 69.3 Å². The Morgan fingerprint density at radius 3 is 1.18 bits per heavy atom. The molecule has 0 radical (unpaired) electrons. The van der Waals surface area contributed by atoms with Gasteiger partial charge >= 0.3 is 59.1 Å². The van der Waals surface area contributed by atoms with Crippen molar-refractivity contribution in [1.29, 1.82) is 0 Å². The molecule has 0 bridgehead atoms. The Morgan fingerprint density at radius 2 is 0.760 bits per heavy atom. The molecular weight excluding hydrogens is 642 g/mol. The molecule has 0 amide bonds. The molecule has 0 saturated carbocycles. The standard InChI is InChI=1S/2C20H36N2.CH2O3.2Na/c2*1-2-4-6-10-15-20(14-9-5-3-1)22-18-12-8-7-11-16-21-17-13-19-22;2-1(3)4;;/h2*1,3,16,20H,2,4-15,17-19H2;(H2,2,3,4);;/q;;;2*+1/p-2. The molecule has 50 heavy (non-hydrogen) atoms. The summed E-state index contributed by atoms with van der Waals surface area (Å²) in [5, 5.41) is 16.7. The van der Waals surface area contributed by atoms with Crippen molar-refractivity contribution < 1.29 is 74.1 Å². The van der Waals surface area contributed by atoms with Crippen LogP contribution in [0.1, 0.15) is 167 Å². The Labute approximate surface area is 352 Å². The molecule has 4 rings (SSSR count). The van der Waals surface area contributed by atoms with E-state index in [1.54, 1.807) is 0 Å². The van der Waals surface area contributed by atoms with Gasteiger partial charge in [0.2, 0.25) is 0 Å². The van der Waals surface area contributed by atoms with E-state index in [4.69, 9.17) is 15.0 Å². The first-order valence-electron chi connectivity index (χ1n) is 20.3. The molecule has 0 saturated heterocycles. The molecule has 276 valence electrons. The first-order chi connectivity index (χ1) is 23.7. The van der Waals surface area contributed by atoms with Crippen molar-refractivity contribution in [3.8, 4) is 0 Å². The maximum Gasteiger partial charge on any atom is 1.00 e. The topological polar surface area (TPSA) is 94.4 Å². The second-order valence-corrected chi connectivity index (χ2v) is 14.3. The van der Waals surface area contributed by atoms with Gasteiger partial charge in [0.05, 0.1) is 0 Å². The molecule has 0 aromatic heterocycles. The van der Waals surface area contributed by atoms with E-state index < -0.39 is 6.16 Å². The fourth-order valence-electron chi connectivity index (χ4n) is 7.57. The summed E-state index contributed by atoms with van der Waals surface area (Å²) >= 11 is 0. The monoisotopic (exact) mass is 715 g/mol. The van der Waals surface area contributed by atoms with Crippen LogP contribution >= 0.6 is 0 Å². The van der Waals surface area contributed by atoms with E-state index >= 15 is 0 Å². The molecule has 2 aliphatic heterocycles. The normalized spacial score (nSPS) is 24.9. The summed E-state index contributed by atoms with van der Waals surface area (Å²) < 4.78 is 0. The van der Waals surface area contributed by atoms with Gasteiger partial charge in [-0.1, -0.05) is 62.8 Å². The number of carbonyl (C=O) groups is 1. The average Bonchev–Trinajstić information content (AvgIpc) is 3.26. The number of aliphatic imine (C=N–C) groups is 2. The molecule has 2 atom stereocenters. The maximum atomic E-state index is 8.33. The van der Waals surface area contributed by atoms with Gasteiger partial charge in [-0.25, -0.2) is 0 Å². The third-order valence-corrected chi connectivity index (χ3v) is 10.3. The fraction of sp³-hybridized carbons (Fsp3) is 0.829. The smallest absolute Gasteiger partial charge is 0.652 e. The number of hydrogen-bond acceptors (Lipinski definition) is 7. The number of rotatable bonds is 2. The third-order valence-electron chi connectivity index (χ3n) is 10.3. The molecule has 2 unspecified atom stereocenters. The fourth-order valence-corrected chi connectivity index (χ4v) is 7.57. The van der Waals surface area contributed by atoms with Crippen LogP contribution in [0.25, 0.3) is 0 Å². The van der Waals surface area contributed by atoms with E-state index in [0.29, 0.717) is 0 Å². The van der Waals surface area contributed by atoms with Crippen molar-refractivity contribution in [3.05, 3.63) is 24.3 Å². The largest absolute Gasteiger partial charge is 1.00 e. The van der Waals surface area contributed by atoms with E-state index in [1.807, 2.05) is 0 Å². The first-order valence-corrected chi connectivity index (χ1v) is 20.3. The Kier molecular flexibility index (Phi) is 37.3. The Bertz CT molecular complexity index is 754. The van der Waals surface area contributed by atoms with Gasteiger partial charge in [-0.15, -0.1) is 0 Å². The van der Waals surface area contributed by atoms with E-state index in [1.165, 1.54) is 193 Å². The quantitative estimate of drug-likeness (QED) is 0.324. The van der Waals surface area contributed by atoms with Crippen LogP contribution in [-0.2, 0) is 0 Å². The second-order valence-electron chi connectivity index (χ2n) is 14.3. The zero-order valence-electron chi connectivity index (χ0n) is 32.8. The molecule has 2 heterocycles. The summed E-state index contributed by atoms with van der Waals surface area (Å²) in [6, 6.07) is 1.66. The molecule has 0 N–H and O–H groups in total. The molecule has 2 aliphatic carbocycles. The van der Waals surface area contributed by atoms with Gasteiger partial charge in [0.25, 0.3) is 0 Å². The number of nitrogens with zero attached hydrogens (tertiary/aromatic N) is 4. The molecule has 7 nitrogen and oxygen atoms in total. The predicted octanol–water partition coefficient (Wildman–Crippen LogP) is 2.33. The van der Waals surface area contributed by atoms with Crippen molar-refractivity contribution in [2.45, 2.75) is 179 Å². The van der Waals surface area contributed by atoms with Gasteiger partial charge in [-0.2, -0.15) is 0 Å². The van der Waals surface area contributed by atoms with Crippen LogP contribution in [0.3, 0.4) is 0 Å². The third kappa shape index (κ3) is 29.5. The van der Waals surface area contributed by atoms with Gasteiger partial charge in [0, 0.05) is 38.3 Å². The zero-order chi connectivity index (χ0) is 34.2. The van der Waals surface area contributed by atoms with Crippen molar-refractivity contribution in [1.82, 2.24) is 9.80 Å². The Hall–Kier alpha value is 0.0100. The second kappa shape index (κ2) is 37.3. The van der Waals surface area contributed by atoms with E-state index in [2.05, 4.69) is 56.5 Å². The number of carbonyl (C=O) groups excluding carboxylic acids is 1. The van der Waals surface area contributed by atoms with E-state index in [9.17, 15) is 0 Å². The predicted molar refractivity (Wildman–Crippen MR) is 201 cm³/mol. The molecule has 4 aliphatic rings. The molecule has 0 aromatic carbocycles. The maximum absolute atomic E-state index is 8.33. The molecule has 0 spiro atoms. The van der Waals surface area contributed by atoms with Crippen molar-refractivity contribution in [2.24, 2.45) is 9.98 Å². The van der Waals surface area contributed by atoms with Crippen LogP contribution in [0, 0.1) is 0 Å². The number of allylic oxidation sites excluding steroid dienone is 4. The summed E-state index contributed by atoms with van der Waals surface area (Å²) in [6.07, 6.45) is 46.7. The first kappa shape index (κ1) is 50.0. The average molecular weight is 715 g/mol. The molecule has 9 heteroatoms. The summed E-state index contributed by atoms with van der Waals surface area (Å²) in [6.45, 7) is 7.23. The Morgan fingerprint density at radius 1 is 0.440 bits per heavy atom. The zero-order valence-corrected chi connectivity index (χ0v) is 36.8. The Balaban J connectivity index is 0.000000837.